The average molecular weight is 620 g/mol. The van der Waals surface area contributed by atoms with Gasteiger partial charge in [-0.05, 0) is 19.3 Å². The lowest BCUT2D eigenvalue weighted by molar-refractivity contribution is -0.870. The highest BCUT2D eigenvalue weighted by atomic mass is 31.2. The molecule has 9 heteroatoms. The summed E-state index contributed by atoms with van der Waals surface area (Å²) in [6, 6.07) is -0.835. The smallest absolute Gasteiger partial charge is 0.387 e. The summed E-state index contributed by atoms with van der Waals surface area (Å²) in [5.74, 6) is -0.183. The summed E-state index contributed by atoms with van der Waals surface area (Å²) < 4.78 is 23.3. The molecular weight excluding hydrogens is 551 g/mol. The van der Waals surface area contributed by atoms with Crippen molar-refractivity contribution in [3.63, 3.8) is 0 Å². The number of unbranched alkanes of at least 4 members (excludes halogenated alkanes) is 17. The summed E-state index contributed by atoms with van der Waals surface area (Å²) in [7, 11) is 1.57. The number of phosphoric ester groups is 1. The Balaban J connectivity index is 4.62. The zero-order valence-electron chi connectivity index (χ0n) is 28.0. The van der Waals surface area contributed by atoms with Crippen molar-refractivity contribution in [2.75, 3.05) is 40.9 Å². The van der Waals surface area contributed by atoms with Crippen LogP contribution < -0.4 is 5.32 Å². The molecule has 0 heterocycles. The van der Waals surface area contributed by atoms with Gasteiger partial charge in [0.15, 0.2) is 0 Å². The quantitative estimate of drug-likeness (QED) is 0.0325. The lowest BCUT2D eigenvalue weighted by atomic mass is 10.1. The lowest BCUT2D eigenvalue weighted by Gasteiger charge is -2.25. The van der Waals surface area contributed by atoms with E-state index < -0.39 is 20.0 Å². The number of aliphatic hydroxyl groups is 1. The van der Waals surface area contributed by atoms with E-state index in [1.165, 1.54) is 83.5 Å². The van der Waals surface area contributed by atoms with Gasteiger partial charge in [0, 0.05) is 6.42 Å². The van der Waals surface area contributed by atoms with Gasteiger partial charge in [0.1, 0.15) is 13.2 Å². The van der Waals surface area contributed by atoms with Gasteiger partial charge in [-0.2, -0.15) is 0 Å². The van der Waals surface area contributed by atoms with Crippen molar-refractivity contribution in [3.8, 4) is 0 Å². The monoisotopic (exact) mass is 619 g/mol. The standard InChI is InChI=1S/C33H67N2O6P/c1-6-8-10-12-14-16-18-20-22-24-26-32(36)31(30-41-42(38,39)40-29-28-35(3,4)5)34-33(37)27-25-23-21-19-17-15-13-11-9-7-2/h24,26,31-32,36H,6-23,25,27-30H2,1-5H3,(H-,34,37,38,39)/p+1/b26-24+. The highest BCUT2D eigenvalue weighted by Gasteiger charge is 2.27. The van der Waals surface area contributed by atoms with Crippen LogP contribution in [0.3, 0.4) is 0 Å². The minimum atomic E-state index is -4.31. The summed E-state index contributed by atoms with van der Waals surface area (Å²) in [6.45, 7) is 4.75. The first-order valence-corrected chi connectivity index (χ1v) is 18.6. The van der Waals surface area contributed by atoms with E-state index in [-0.39, 0.29) is 19.1 Å². The van der Waals surface area contributed by atoms with Gasteiger partial charge in [0.05, 0.1) is 39.9 Å². The first kappa shape index (κ1) is 41.2. The fraction of sp³-hybridized carbons (Fsp3) is 0.909. The molecule has 0 fully saturated rings. The highest BCUT2D eigenvalue weighted by Crippen LogP contribution is 2.43. The summed E-state index contributed by atoms with van der Waals surface area (Å²) >= 11 is 0. The van der Waals surface area contributed by atoms with Crippen molar-refractivity contribution < 1.29 is 32.9 Å². The molecule has 250 valence electrons. The predicted molar refractivity (Wildman–Crippen MR) is 175 cm³/mol. The molecule has 0 aliphatic heterocycles. The van der Waals surface area contributed by atoms with Gasteiger partial charge < -0.3 is 19.8 Å². The molecule has 0 aromatic carbocycles. The first-order chi connectivity index (χ1) is 20.0. The fourth-order valence-electron chi connectivity index (χ4n) is 4.69. The van der Waals surface area contributed by atoms with E-state index in [2.05, 4.69) is 19.2 Å². The van der Waals surface area contributed by atoms with Crippen molar-refractivity contribution in [2.24, 2.45) is 0 Å². The van der Waals surface area contributed by atoms with Crippen molar-refractivity contribution in [1.82, 2.24) is 5.32 Å². The van der Waals surface area contributed by atoms with Crippen molar-refractivity contribution >= 4 is 13.7 Å². The molecule has 0 saturated carbocycles. The molecule has 0 aromatic heterocycles. The number of carbonyl (C=O) groups excluding carboxylic acids is 1. The molecule has 1 amide bonds. The van der Waals surface area contributed by atoms with Crippen LogP contribution in [-0.2, 0) is 18.4 Å². The Morgan fingerprint density at radius 1 is 0.786 bits per heavy atom. The topological polar surface area (TPSA) is 105 Å². The second-order valence-electron chi connectivity index (χ2n) is 12.9. The molecular formula is C33H68N2O6P+. The van der Waals surface area contributed by atoms with Crippen LogP contribution in [0.2, 0.25) is 0 Å². The molecule has 3 unspecified atom stereocenters. The number of phosphoric acid groups is 1. The molecule has 0 radical (unpaired) electrons. The third-order valence-electron chi connectivity index (χ3n) is 7.51. The Labute approximate surface area is 259 Å². The third-order valence-corrected chi connectivity index (χ3v) is 8.49. The summed E-state index contributed by atoms with van der Waals surface area (Å²) in [4.78, 5) is 22.8. The number of hydrogen-bond acceptors (Lipinski definition) is 5. The van der Waals surface area contributed by atoms with Gasteiger partial charge in [-0.3, -0.25) is 13.8 Å². The Bertz CT molecular complexity index is 713. The van der Waals surface area contributed by atoms with Gasteiger partial charge in [0.25, 0.3) is 0 Å². The maximum atomic E-state index is 12.7. The zero-order valence-corrected chi connectivity index (χ0v) is 28.9. The Kier molecular flexibility index (Phi) is 26.1. The van der Waals surface area contributed by atoms with Crippen LogP contribution in [0.4, 0.5) is 0 Å². The molecule has 0 aromatic rings. The van der Waals surface area contributed by atoms with Crippen molar-refractivity contribution in [2.45, 2.75) is 154 Å². The van der Waals surface area contributed by atoms with Gasteiger partial charge in [-0.1, -0.05) is 129 Å². The van der Waals surface area contributed by atoms with Gasteiger partial charge in [-0.25, -0.2) is 4.57 Å². The number of likely N-dealkylation sites (N-methyl/N-ethyl adjacent to an activating group) is 1. The molecule has 0 saturated heterocycles. The number of quaternary nitrogens is 1. The number of nitrogens with zero attached hydrogens (tertiary/aromatic N) is 1. The van der Waals surface area contributed by atoms with Gasteiger partial charge >= 0.3 is 7.82 Å². The molecule has 8 nitrogen and oxygen atoms in total. The van der Waals surface area contributed by atoms with Crippen LogP contribution in [0, 0.1) is 0 Å². The number of carbonyl (C=O) groups is 1. The molecule has 0 rings (SSSR count). The number of rotatable bonds is 30. The summed E-state index contributed by atoms with van der Waals surface area (Å²) in [5, 5.41) is 13.6. The normalized spacial score (nSPS) is 15.1. The molecule has 0 aliphatic rings. The molecule has 0 spiro atoms. The van der Waals surface area contributed by atoms with E-state index in [4.69, 9.17) is 9.05 Å². The summed E-state index contributed by atoms with van der Waals surface area (Å²) in [5.41, 5.74) is 0. The Morgan fingerprint density at radius 3 is 1.76 bits per heavy atom. The van der Waals surface area contributed by atoms with E-state index in [9.17, 15) is 19.4 Å². The van der Waals surface area contributed by atoms with E-state index in [0.29, 0.717) is 17.4 Å². The third kappa shape index (κ3) is 28.0. The van der Waals surface area contributed by atoms with Gasteiger partial charge in [-0.15, -0.1) is 0 Å². The number of aliphatic hydroxyl groups excluding tert-OH is 1. The SMILES string of the molecule is CCCCCCCCCC/C=C/C(O)C(COP(=O)(O)OCC[N+](C)(C)C)NC(=O)CCCCCCCCCCCC. The first-order valence-electron chi connectivity index (χ1n) is 17.1. The van der Waals surface area contributed by atoms with Crippen LogP contribution in [0.25, 0.3) is 0 Å². The van der Waals surface area contributed by atoms with E-state index >= 15 is 0 Å². The predicted octanol–water partition coefficient (Wildman–Crippen LogP) is 8.07. The molecule has 42 heavy (non-hydrogen) atoms. The molecule has 0 aliphatic carbocycles. The zero-order chi connectivity index (χ0) is 31.5. The molecule has 3 N–H and O–H groups in total. The summed E-state index contributed by atoms with van der Waals surface area (Å²) in [6.07, 6.45) is 25.6. The number of amides is 1. The number of nitrogens with one attached hydrogen (secondary N) is 1. The maximum Gasteiger partial charge on any atom is 0.472 e. The number of allylic oxidation sites excluding steroid dienone is 1. The molecule has 3 atom stereocenters. The minimum absolute atomic E-state index is 0.0636. The van der Waals surface area contributed by atoms with E-state index in [1.54, 1.807) is 6.08 Å². The van der Waals surface area contributed by atoms with Crippen LogP contribution in [-0.4, -0.2) is 73.4 Å². The van der Waals surface area contributed by atoms with Crippen LogP contribution in [0.1, 0.15) is 142 Å². The second kappa shape index (κ2) is 26.6. The molecule has 0 bridgehead atoms. The maximum absolute atomic E-state index is 12.7. The minimum Gasteiger partial charge on any atom is -0.387 e. The van der Waals surface area contributed by atoms with Crippen molar-refractivity contribution in [1.29, 1.82) is 0 Å². The Hall–Kier alpha value is -0.760. The Morgan fingerprint density at radius 2 is 1.26 bits per heavy atom. The van der Waals surface area contributed by atoms with Crippen LogP contribution >= 0.6 is 7.82 Å². The van der Waals surface area contributed by atoms with Gasteiger partial charge in [0.2, 0.25) is 5.91 Å². The fourth-order valence-corrected chi connectivity index (χ4v) is 5.42. The average Bonchev–Trinajstić information content (AvgIpc) is 2.92. The largest absolute Gasteiger partial charge is 0.472 e. The highest BCUT2D eigenvalue weighted by molar-refractivity contribution is 7.47. The van der Waals surface area contributed by atoms with E-state index in [0.717, 1.165) is 38.5 Å². The van der Waals surface area contributed by atoms with Crippen LogP contribution in [0.5, 0.6) is 0 Å². The second-order valence-corrected chi connectivity index (χ2v) is 14.4. The van der Waals surface area contributed by atoms with Crippen molar-refractivity contribution in [3.05, 3.63) is 12.2 Å². The van der Waals surface area contributed by atoms with E-state index in [1.807, 2.05) is 27.2 Å². The lowest BCUT2D eigenvalue weighted by Crippen LogP contribution is -2.45. The van der Waals surface area contributed by atoms with Crippen LogP contribution in [0.15, 0.2) is 12.2 Å². The number of hydrogen-bond donors (Lipinski definition) is 3.